The van der Waals surface area contributed by atoms with Gasteiger partial charge in [0.2, 0.25) is 15.9 Å². The number of hydrogen-bond donors (Lipinski definition) is 2. The predicted molar refractivity (Wildman–Crippen MR) is 94.3 cm³/mol. The largest absolute Gasteiger partial charge is 0.497 e. The highest BCUT2D eigenvalue weighted by molar-refractivity contribution is 7.89. The molecule has 2 rings (SSSR count). The second-order valence-electron chi connectivity index (χ2n) is 5.22. The van der Waals surface area contributed by atoms with E-state index in [0.29, 0.717) is 11.4 Å². The number of benzene rings is 2. The topological polar surface area (TPSA) is 93.7 Å². The van der Waals surface area contributed by atoms with Gasteiger partial charge in [-0.2, -0.15) is 0 Å². The van der Waals surface area contributed by atoms with Gasteiger partial charge in [0, 0.05) is 19.2 Å². The second-order valence-corrected chi connectivity index (χ2v) is 6.95. The molecular weight excluding hydrogens is 344 g/mol. The quantitative estimate of drug-likeness (QED) is 0.785. The average molecular weight is 364 g/mol. The van der Waals surface area contributed by atoms with Gasteiger partial charge in [-0.25, -0.2) is 13.1 Å². The molecule has 0 saturated heterocycles. The number of rotatable bonds is 7. The number of hydrogen-bond acceptors (Lipinski definition) is 5. The van der Waals surface area contributed by atoms with Crippen LogP contribution in [0, 0.1) is 0 Å². The third-order valence-corrected chi connectivity index (χ3v) is 4.82. The minimum Gasteiger partial charge on any atom is -0.497 e. The van der Waals surface area contributed by atoms with Crippen LogP contribution in [0.25, 0.3) is 0 Å². The number of carbonyl (C=O) groups is 1. The van der Waals surface area contributed by atoms with Crippen LogP contribution in [0.2, 0.25) is 0 Å². The average Bonchev–Trinajstić information content (AvgIpc) is 2.60. The summed E-state index contributed by atoms with van der Waals surface area (Å²) in [5, 5.41) is 2.55. The molecule has 2 aromatic carbocycles. The lowest BCUT2D eigenvalue weighted by molar-refractivity contribution is -0.114. The van der Waals surface area contributed by atoms with E-state index in [0.717, 1.165) is 5.56 Å². The maximum absolute atomic E-state index is 12.6. The summed E-state index contributed by atoms with van der Waals surface area (Å²) < 4.78 is 38.0. The normalized spacial score (nSPS) is 11.0. The molecule has 2 aromatic rings. The van der Waals surface area contributed by atoms with Crippen LogP contribution >= 0.6 is 0 Å². The van der Waals surface area contributed by atoms with Crippen LogP contribution in [0.1, 0.15) is 12.5 Å². The van der Waals surface area contributed by atoms with E-state index >= 15 is 0 Å². The summed E-state index contributed by atoms with van der Waals surface area (Å²) >= 11 is 0. The number of methoxy groups -OCH3 is 2. The Bertz CT molecular complexity index is 848. The van der Waals surface area contributed by atoms with E-state index < -0.39 is 10.0 Å². The molecule has 0 unspecified atom stereocenters. The SMILES string of the molecule is COc1ccc(CNS(=O)(=O)c2cc(NC(C)=O)ccc2OC)cc1. The Morgan fingerprint density at radius 3 is 2.28 bits per heavy atom. The van der Waals surface area contributed by atoms with Gasteiger partial charge in [0.05, 0.1) is 14.2 Å². The van der Waals surface area contributed by atoms with E-state index in [2.05, 4.69) is 10.0 Å². The minimum absolute atomic E-state index is 0.0465. The Kier molecular flexibility index (Phi) is 6.00. The molecule has 8 heteroatoms. The molecule has 0 atom stereocenters. The lowest BCUT2D eigenvalue weighted by atomic mass is 10.2. The Hall–Kier alpha value is -2.58. The highest BCUT2D eigenvalue weighted by atomic mass is 32.2. The van der Waals surface area contributed by atoms with Crippen molar-refractivity contribution in [1.82, 2.24) is 4.72 Å². The van der Waals surface area contributed by atoms with Crippen LogP contribution in [-0.4, -0.2) is 28.5 Å². The molecule has 0 radical (unpaired) electrons. The standard InChI is InChI=1S/C17H20N2O5S/c1-12(20)19-14-6-9-16(24-3)17(10-14)25(21,22)18-11-13-4-7-15(23-2)8-5-13/h4-10,18H,11H2,1-3H3,(H,19,20). The molecular formula is C17H20N2O5S. The fourth-order valence-corrected chi connectivity index (χ4v) is 3.38. The van der Waals surface area contributed by atoms with Gasteiger partial charge in [0.25, 0.3) is 0 Å². The maximum Gasteiger partial charge on any atom is 0.244 e. The Morgan fingerprint density at radius 2 is 1.72 bits per heavy atom. The number of ether oxygens (including phenoxy) is 2. The maximum atomic E-state index is 12.6. The molecule has 0 saturated carbocycles. The van der Waals surface area contributed by atoms with Crippen molar-refractivity contribution >= 4 is 21.6 Å². The monoisotopic (exact) mass is 364 g/mol. The highest BCUT2D eigenvalue weighted by Gasteiger charge is 2.20. The summed E-state index contributed by atoms with van der Waals surface area (Å²) in [6.07, 6.45) is 0. The van der Waals surface area contributed by atoms with Crippen LogP contribution in [0.4, 0.5) is 5.69 Å². The fourth-order valence-electron chi connectivity index (χ4n) is 2.17. The van der Waals surface area contributed by atoms with Gasteiger partial charge in [-0.3, -0.25) is 4.79 Å². The van der Waals surface area contributed by atoms with Crippen molar-refractivity contribution in [3.05, 3.63) is 48.0 Å². The molecule has 1 amide bonds. The third-order valence-electron chi connectivity index (χ3n) is 3.40. The number of nitrogens with one attached hydrogen (secondary N) is 2. The molecule has 0 aromatic heterocycles. The summed E-state index contributed by atoms with van der Waals surface area (Å²) in [6.45, 7) is 1.46. The van der Waals surface area contributed by atoms with Crippen molar-refractivity contribution in [2.24, 2.45) is 0 Å². The first-order valence-electron chi connectivity index (χ1n) is 7.44. The molecule has 0 fully saturated rings. The number of carbonyl (C=O) groups excluding carboxylic acids is 1. The van der Waals surface area contributed by atoms with Gasteiger partial charge >= 0.3 is 0 Å². The molecule has 0 heterocycles. The number of amides is 1. The minimum atomic E-state index is -3.83. The third kappa shape index (κ3) is 4.94. The van der Waals surface area contributed by atoms with Gasteiger partial charge in [-0.1, -0.05) is 12.1 Å². The van der Waals surface area contributed by atoms with Crippen molar-refractivity contribution in [2.75, 3.05) is 19.5 Å². The zero-order valence-corrected chi connectivity index (χ0v) is 15.0. The molecule has 134 valence electrons. The van der Waals surface area contributed by atoms with Crippen molar-refractivity contribution in [3.8, 4) is 11.5 Å². The lowest BCUT2D eigenvalue weighted by Crippen LogP contribution is -2.24. The summed E-state index contributed by atoms with van der Waals surface area (Å²) in [4.78, 5) is 11.1. The summed E-state index contributed by atoms with van der Waals surface area (Å²) in [5.74, 6) is 0.590. The van der Waals surface area contributed by atoms with Crippen molar-refractivity contribution < 1.29 is 22.7 Å². The van der Waals surface area contributed by atoms with Crippen LogP contribution < -0.4 is 19.5 Å². The molecule has 0 aliphatic rings. The Labute approximate surface area is 147 Å². The molecule has 2 N–H and O–H groups in total. The van der Waals surface area contributed by atoms with E-state index in [9.17, 15) is 13.2 Å². The van der Waals surface area contributed by atoms with E-state index in [1.807, 2.05) is 0 Å². The highest BCUT2D eigenvalue weighted by Crippen LogP contribution is 2.27. The molecule has 0 spiro atoms. The van der Waals surface area contributed by atoms with Crippen LogP contribution in [0.3, 0.4) is 0 Å². The van der Waals surface area contributed by atoms with Gasteiger partial charge in [-0.05, 0) is 35.9 Å². The summed E-state index contributed by atoms with van der Waals surface area (Å²) in [6, 6.07) is 11.5. The second kappa shape index (κ2) is 8.00. The molecule has 0 aliphatic heterocycles. The van der Waals surface area contributed by atoms with Crippen LogP contribution in [-0.2, 0) is 21.4 Å². The predicted octanol–water partition coefficient (Wildman–Crippen LogP) is 2.14. The first-order chi connectivity index (χ1) is 11.9. The summed E-state index contributed by atoms with van der Waals surface area (Å²) in [5.41, 5.74) is 1.15. The zero-order valence-electron chi connectivity index (χ0n) is 14.2. The number of anilines is 1. The van der Waals surface area contributed by atoms with Gasteiger partial charge < -0.3 is 14.8 Å². The first kappa shape index (κ1) is 18.8. The van der Waals surface area contributed by atoms with Gasteiger partial charge in [-0.15, -0.1) is 0 Å². The van der Waals surface area contributed by atoms with Crippen LogP contribution in [0.5, 0.6) is 11.5 Å². The smallest absolute Gasteiger partial charge is 0.244 e. The molecule has 25 heavy (non-hydrogen) atoms. The fraction of sp³-hybridized carbons (Fsp3) is 0.235. The van der Waals surface area contributed by atoms with E-state index in [1.165, 1.54) is 26.2 Å². The van der Waals surface area contributed by atoms with E-state index in [1.54, 1.807) is 37.4 Å². The van der Waals surface area contributed by atoms with E-state index in [-0.39, 0.29) is 23.1 Å². The van der Waals surface area contributed by atoms with Crippen molar-refractivity contribution in [2.45, 2.75) is 18.4 Å². The summed E-state index contributed by atoms with van der Waals surface area (Å²) in [7, 11) is -0.886. The van der Waals surface area contributed by atoms with Crippen molar-refractivity contribution in [1.29, 1.82) is 0 Å². The Balaban J connectivity index is 2.23. The molecule has 0 bridgehead atoms. The Morgan fingerprint density at radius 1 is 1.04 bits per heavy atom. The van der Waals surface area contributed by atoms with E-state index in [4.69, 9.17) is 9.47 Å². The van der Waals surface area contributed by atoms with Crippen molar-refractivity contribution in [3.63, 3.8) is 0 Å². The lowest BCUT2D eigenvalue weighted by Gasteiger charge is -2.13. The van der Waals surface area contributed by atoms with Crippen LogP contribution in [0.15, 0.2) is 47.4 Å². The first-order valence-corrected chi connectivity index (χ1v) is 8.92. The number of sulfonamides is 1. The zero-order chi connectivity index (χ0) is 18.4. The molecule has 0 aliphatic carbocycles. The molecule has 7 nitrogen and oxygen atoms in total. The van der Waals surface area contributed by atoms with Gasteiger partial charge in [0.15, 0.2) is 0 Å². The van der Waals surface area contributed by atoms with Gasteiger partial charge in [0.1, 0.15) is 16.4 Å².